The zero-order valence-electron chi connectivity index (χ0n) is 20.7. The molecular formula is C26H23F4N7O2. The van der Waals surface area contributed by atoms with Crippen LogP contribution in [0.2, 0.25) is 0 Å². The second kappa shape index (κ2) is 10.2. The van der Waals surface area contributed by atoms with Crippen LogP contribution in [0, 0.1) is 5.82 Å². The highest BCUT2D eigenvalue weighted by Crippen LogP contribution is 2.32. The predicted octanol–water partition coefficient (Wildman–Crippen LogP) is 4.17. The number of piperazine rings is 1. The summed E-state index contributed by atoms with van der Waals surface area (Å²) in [4.78, 5) is 39.5. The third-order valence-electron chi connectivity index (χ3n) is 6.30. The number of benzene rings is 2. The van der Waals surface area contributed by atoms with E-state index in [0.717, 1.165) is 16.6 Å². The molecule has 0 saturated carbocycles. The molecule has 39 heavy (non-hydrogen) atoms. The number of aromatic amines is 1. The van der Waals surface area contributed by atoms with Gasteiger partial charge in [-0.1, -0.05) is 0 Å². The molecule has 9 nitrogen and oxygen atoms in total. The third-order valence-corrected chi connectivity index (χ3v) is 6.30. The van der Waals surface area contributed by atoms with Gasteiger partial charge in [-0.2, -0.15) is 13.2 Å². The van der Waals surface area contributed by atoms with Crippen molar-refractivity contribution < 1.29 is 27.2 Å². The molecule has 1 saturated heterocycles. The van der Waals surface area contributed by atoms with Gasteiger partial charge in [-0.3, -0.25) is 9.59 Å². The van der Waals surface area contributed by atoms with Crippen molar-refractivity contribution in [1.82, 2.24) is 24.4 Å². The van der Waals surface area contributed by atoms with Gasteiger partial charge in [0.15, 0.2) is 5.82 Å². The number of halogens is 4. The van der Waals surface area contributed by atoms with Gasteiger partial charge >= 0.3 is 6.18 Å². The van der Waals surface area contributed by atoms with E-state index >= 15 is 0 Å². The van der Waals surface area contributed by atoms with Crippen LogP contribution in [0.3, 0.4) is 0 Å². The maximum Gasteiger partial charge on any atom is 0.406 e. The van der Waals surface area contributed by atoms with Crippen molar-refractivity contribution in [1.29, 1.82) is 0 Å². The number of anilines is 2. The Morgan fingerprint density at radius 2 is 1.77 bits per heavy atom. The van der Waals surface area contributed by atoms with Gasteiger partial charge in [0.05, 0.1) is 24.8 Å². The summed E-state index contributed by atoms with van der Waals surface area (Å²) < 4.78 is 54.0. The van der Waals surface area contributed by atoms with Gasteiger partial charge in [-0.25, -0.2) is 14.4 Å². The Bertz CT molecular complexity index is 1490. The highest BCUT2D eigenvalue weighted by atomic mass is 19.4. The lowest BCUT2D eigenvalue weighted by Crippen LogP contribution is -2.48. The van der Waals surface area contributed by atoms with Crippen molar-refractivity contribution in [3.8, 4) is 22.8 Å². The molecule has 202 valence electrons. The lowest BCUT2D eigenvalue weighted by molar-refractivity contribution is -0.140. The average Bonchev–Trinajstić information content (AvgIpc) is 3.53. The number of rotatable bonds is 6. The molecule has 0 bridgehead atoms. The summed E-state index contributed by atoms with van der Waals surface area (Å²) in [6.45, 7) is 0.244. The van der Waals surface area contributed by atoms with E-state index in [4.69, 9.17) is 0 Å². The molecule has 4 aromatic rings. The number of nitrogens with one attached hydrogen (secondary N) is 2. The highest BCUT2D eigenvalue weighted by Gasteiger charge is 2.31. The number of carbonyl (C=O) groups excluding carboxylic acids is 2. The molecule has 0 radical (unpaired) electrons. The number of H-pyrrole nitrogens is 1. The average molecular weight is 542 g/mol. The first-order valence-electron chi connectivity index (χ1n) is 11.9. The van der Waals surface area contributed by atoms with E-state index < -0.39 is 24.4 Å². The standard InChI is InChI=1S/C26H23F4N7O2/c1-35-10-11-36(13-21(35)38)19-8-6-18(7-9-19)33-25(39)20-12-31-24(34-20)23-22(16-2-4-17(27)5-3-16)32-15-37(23)14-26(28,29)30/h2-9,12,15H,10-11,13-14H2,1H3,(H,31,34)(H,33,39). The van der Waals surface area contributed by atoms with Crippen LogP contribution in [0.1, 0.15) is 10.5 Å². The van der Waals surface area contributed by atoms with Crippen LogP contribution in [0.25, 0.3) is 22.8 Å². The van der Waals surface area contributed by atoms with E-state index in [1.54, 1.807) is 36.2 Å². The summed E-state index contributed by atoms with van der Waals surface area (Å²) in [6.07, 6.45) is -2.29. The number of likely N-dealkylation sites (N-methyl/N-ethyl adjacent to an activating group) is 1. The van der Waals surface area contributed by atoms with Crippen LogP contribution in [0.4, 0.5) is 28.9 Å². The van der Waals surface area contributed by atoms with E-state index in [0.29, 0.717) is 24.3 Å². The normalized spacial score (nSPS) is 14.1. The molecule has 13 heteroatoms. The minimum atomic E-state index is -4.54. The second-order valence-electron chi connectivity index (χ2n) is 9.08. The molecule has 0 unspecified atom stereocenters. The summed E-state index contributed by atoms with van der Waals surface area (Å²) >= 11 is 0. The first-order valence-corrected chi connectivity index (χ1v) is 11.9. The molecule has 0 aliphatic carbocycles. The quantitative estimate of drug-likeness (QED) is 0.357. The maximum atomic E-state index is 13.4. The Balaban J connectivity index is 1.36. The number of amides is 2. The number of nitrogens with zero attached hydrogens (tertiary/aromatic N) is 5. The Kier molecular flexibility index (Phi) is 6.81. The second-order valence-corrected chi connectivity index (χ2v) is 9.08. The minimum absolute atomic E-state index is 0.00342. The number of hydrogen-bond acceptors (Lipinski definition) is 5. The summed E-state index contributed by atoms with van der Waals surface area (Å²) in [5, 5.41) is 2.72. The van der Waals surface area contributed by atoms with Gasteiger partial charge in [-0.15, -0.1) is 0 Å². The molecule has 3 heterocycles. The minimum Gasteiger partial charge on any atom is -0.360 e. The van der Waals surface area contributed by atoms with Crippen molar-refractivity contribution in [2.75, 3.05) is 36.9 Å². The van der Waals surface area contributed by atoms with Crippen LogP contribution in [-0.4, -0.2) is 69.1 Å². The Labute approximate surface area is 220 Å². The number of hydrogen-bond donors (Lipinski definition) is 2. The van der Waals surface area contributed by atoms with Crippen LogP contribution >= 0.6 is 0 Å². The van der Waals surface area contributed by atoms with E-state index in [-0.39, 0.29) is 35.4 Å². The van der Waals surface area contributed by atoms with E-state index in [9.17, 15) is 27.2 Å². The molecule has 2 amide bonds. The van der Waals surface area contributed by atoms with Crippen LogP contribution in [0.5, 0.6) is 0 Å². The monoisotopic (exact) mass is 541 g/mol. The molecule has 1 aliphatic rings. The Morgan fingerprint density at radius 3 is 2.44 bits per heavy atom. The van der Waals surface area contributed by atoms with Gasteiger partial charge in [-0.05, 0) is 48.5 Å². The molecule has 5 rings (SSSR count). The van der Waals surface area contributed by atoms with Gasteiger partial charge in [0.1, 0.15) is 23.7 Å². The van der Waals surface area contributed by atoms with Crippen molar-refractivity contribution in [3.05, 3.63) is 72.6 Å². The zero-order valence-corrected chi connectivity index (χ0v) is 20.7. The molecule has 1 fully saturated rings. The molecule has 0 atom stereocenters. The smallest absolute Gasteiger partial charge is 0.360 e. The van der Waals surface area contributed by atoms with Crippen molar-refractivity contribution in [3.63, 3.8) is 0 Å². The van der Waals surface area contributed by atoms with Gasteiger partial charge < -0.3 is 24.7 Å². The zero-order chi connectivity index (χ0) is 27.7. The summed E-state index contributed by atoms with van der Waals surface area (Å²) in [6, 6.07) is 12.1. The maximum absolute atomic E-state index is 13.4. The van der Waals surface area contributed by atoms with Crippen LogP contribution in [0.15, 0.2) is 61.1 Å². The molecule has 2 N–H and O–H groups in total. The van der Waals surface area contributed by atoms with E-state index in [1.165, 1.54) is 30.5 Å². The fourth-order valence-electron chi connectivity index (χ4n) is 4.25. The van der Waals surface area contributed by atoms with Crippen LogP contribution in [-0.2, 0) is 11.3 Å². The summed E-state index contributed by atoms with van der Waals surface area (Å²) in [7, 11) is 1.76. The van der Waals surface area contributed by atoms with Gasteiger partial charge in [0.25, 0.3) is 5.91 Å². The predicted molar refractivity (Wildman–Crippen MR) is 136 cm³/mol. The molecule has 0 spiro atoms. The molecule has 1 aliphatic heterocycles. The molecule has 2 aromatic carbocycles. The highest BCUT2D eigenvalue weighted by molar-refractivity contribution is 6.03. The van der Waals surface area contributed by atoms with Gasteiger partial charge in [0, 0.05) is 37.1 Å². The Morgan fingerprint density at radius 1 is 1.05 bits per heavy atom. The fraction of sp³-hybridized carbons (Fsp3) is 0.231. The first kappa shape index (κ1) is 25.9. The summed E-state index contributed by atoms with van der Waals surface area (Å²) in [5.74, 6) is -1.04. The number of aromatic nitrogens is 4. The topological polar surface area (TPSA) is 99.1 Å². The largest absolute Gasteiger partial charge is 0.406 e. The van der Waals surface area contributed by atoms with Crippen molar-refractivity contribution in [2.24, 2.45) is 0 Å². The number of imidazole rings is 2. The lowest BCUT2D eigenvalue weighted by atomic mass is 10.1. The molecule has 2 aromatic heterocycles. The fourth-order valence-corrected chi connectivity index (χ4v) is 4.25. The first-order chi connectivity index (χ1) is 18.6. The molecular weight excluding hydrogens is 518 g/mol. The Hall–Kier alpha value is -4.68. The summed E-state index contributed by atoms with van der Waals surface area (Å²) in [5.41, 5.74) is 1.88. The third kappa shape index (κ3) is 5.76. The van der Waals surface area contributed by atoms with Crippen molar-refractivity contribution >= 4 is 23.2 Å². The number of carbonyl (C=O) groups is 2. The van der Waals surface area contributed by atoms with Crippen molar-refractivity contribution in [2.45, 2.75) is 12.7 Å². The lowest BCUT2D eigenvalue weighted by Gasteiger charge is -2.33. The van der Waals surface area contributed by atoms with E-state index in [1.807, 2.05) is 4.90 Å². The SMILES string of the molecule is CN1CCN(c2ccc(NC(=O)c3cnc(-c4c(-c5ccc(F)cc5)ncn4CC(F)(F)F)[nH]3)cc2)CC1=O. The number of alkyl halides is 3. The van der Waals surface area contributed by atoms with E-state index in [2.05, 4.69) is 20.3 Å². The van der Waals surface area contributed by atoms with Crippen LogP contribution < -0.4 is 10.2 Å². The van der Waals surface area contributed by atoms with Gasteiger partial charge in [0.2, 0.25) is 5.91 Å².